The molecule has 0 spiro atoms. The molecule has 27 heavy (non-hydrogen) atoms. The Hall–Kier alpha value is -2.37. The number of aryl methyl sites for hydroxylation is 1. The molecule has 2 aromatic carbocycles. The van der Waals surface area contributed by atoms with Crippen molar-refractivity contribution >= 4 is 34.7 Å². The van der Waals surface area contributed by atoms with Gasteiger partial charge in [0.05, 0.1) is 5.69 Å². The second-order valence-corrected chi connectivity index (χ2v) is 7.53. The van der Waals surface area contributed by atoms with Gasteiger partial charge in [-0.3, -0.25) is 19.4 Å². The number of para-hydroxylation sites is 1. The van der Waals surface area contributed by atoms with Crippen molar-refractivity contribution in [2.45, 2.75) is 20.0 Å². The van der Waals surface area contributed by atoms with E-state index in [1.807, 2.05) is 36.4 Å². The maximum atomic E-state index is 13.0. The molecule has 0 aliphatic carbocycles. The molecule has 1 amide bonds. The molecule has 2 aliphatic rings. The molecular formula is C21H22ClN3O2. The predicted molar refractivity (Wildman–Crippen MR) is 108 cm³/mol. The topological polar surface area (TPSA) is 43.9 Å². The highest BCUT2D eigenvalue weighted by atomic mass is 35.5. The van der Waals surface area contributed by atoms with Gasteiger partial charge in [-0.2, -0.15) is 0 Å². The van der Waals surface area contributed by atoms with Crippen LogP contribution in [0.4, 0.5) is 11.4 Å². The number of carbonyl (C=O) groups excluding carboxylic acids is 2. The van der Waals surface area contributed by atoms with Gasteiger partial charge < -0.3 is 4.90 Å². The first-order valence-electron chi connectivity index (χ1n) is 9.15. The molecule has 140 valence electrons. The van der Waals surface area contributed by atoms with Crippen LogP contribution in [0.2, 0.25) is 5.02 Å². The number of benzene rings is 2. The SMILES string of the molecule is CC(=O)N1c2ccccc2C(=O)[C@H]1N1CCN(c2cc(Cl)ccc2C)CC1. The molecule has 1 atom stereocenters. The Kier molecular flexibility index (Phi) is 4.66. The number of nitrogens with zero attached hydrogens (tertiary/aromatic N) is 3. The van der Waals surface area contributed by atoms with Crippen LogP contribution in [0, 0.1) is 6.92 Å². The van der Waals surface area contributed by atoms with E-state index in [0.717, 1.165) is 23.8 Å². The summed E-state index contributed by atoms with van der Waals surface area (Å²) in [6.45, 7) is 6.58. The van der Waals surface area contributed by atoms with Crippen LogP contribution >= 0.6 is 11.6 Å². The maximum Gasteiger partial charge on any atom is 0.225 e. The fourth-order valence-corrected chi connectivity index (χ4v) is 4.25. The molecule has 6 heteroatoms. The zero-order valence-corrected chi connectivity index (χ0v) is 16.2. The number of amides is 1. The van der Waals surface area contributed by atoms with Gasteiger partial charge in [0.2, 0.25) is 11.7 Å². The van der Waals surface area contributed by atoms with E-state index in [1.165, 1.54) is 12.5 Å². The molecule has 2 aromatic rings. The van der Waals surface area contributed by atoms with E-state index in [1.54, 1.807) is 11.0 Å². The lowest BCUT2D eigenvalue weighted by atomic mass is 10.1. The summed E-state index contributed by atoms with van der Waals surface area (Å²) in [5, 5.41) is 0.724. The average molecular weight is 384 g/mol. The fourth-order valence-electron chi connectivity index (χ4n) is 4.08. The van der Waals surface area contributed by atoms with Gasteiger partial charge in [-0.25, -0.2) is 0 Å². The number of hydrogen-bond donors (Lipinski definition) is 0. The van der Waals surface area contributed by atoms with Gasteiger partial charge in [-0.1, -0.05) is 29.8 Å². The summed E-state index contributed by atoms with van der Waals surface area (Å²) in [6.07, 6.45) is -0.539. The molecule has 1 fully saturated rings. The maximum absolute atomic E-state index is 13.0. The van der Waals surface area contributed by atoms with E-state index in [4.69, 9.17) is 11.6 Å². The van der Waals surface area contributed by atoms with Gasteiger partial charge in [-0.15, -0.1) is 0 Å². The molecule has 0 aromatic heterocycles. The molecule has 1 saturated heterocycles. The number of anilines is 2. The summed E-state index contributed by atoms with van der Waals surface area (Å²) in [5.74, 6) is -0.0976. The molecule has 4 rings (SSSR count). The third kappa shape index (κ3) is 3.11. The van der Waals surface area contributed by atoms with E-state index >= 15 is 0 Å². The molecular weight excluding hydrogens is 362 g/mol. The largest absolute Gasteiger partial charge is 0.369 e. The fraction of sp³-hybridized carbons (Fsp3) is 0.333. The molecule has 2 aliphatic heterocycles. The van der Waals surface area contributed by atoms with E-state index in [0.29, 0.717) is 24.3 Å². The monoisotopic (exact) mass is 383 g/mol. The minimum atomic E-state index is -0.539. The predicted octanol–water partition coefficient (Wildman–Crippen LogP) is 3.35. The van der Waals surface area contributed by atoms with Gasteiger partial charge in [0.25, 0.3) is 0 Å². The van der Waals surface area contributed by atoms with Crippen molar-refractivity contribution in [1.82, 2.24) is 4.90 Å². The zero-order valence-electron chi connectivity index (χ0n) is 15.5. The molecule has 0 radical (unpaired) electrons. The van der Waals surface area contributed by atoms with Crippen molar-refractivity contribution in [2.24, 2.45) is 0 Å². The van der Waals surface area contributed by atoms with Crippen LogP contribution in [0.25, 0.3) is 0 Å². The van der Waals surface area contributed by atoms with Crippen LogP contribution in [0.5, 0.6) is 0 Å². The van der Waals surface area contributed by atoms with Crippen LogP contribution in [0.3, 0.4) is 0 Å². The highest BCUT2D eigenvalue weighted by molar-refractivity contribution is 6.30. The highest BCUT2D eigenvalue weighted by Gasteiger charge is 2.43. The Labute approximate surface area is 164 Å². The number of halogens is 1. The van der Waals surface area contributed by atoms with Gasteiger partial charge in [0.1, 0.15) is 0 Å². The minimum absolute atomic E-state index is 0.00758. The van der Waals surface area contributed by atoms with E-state index in [9.17, 15) is 9.59 Å². The minimum Gasteiger partial charge on any atom is -0.369 e. The van der Waals surface area contributed by atoms with E-state index in [2.05, 4.69) is 16.7 Å². The lowest BCUT2D eigenvalue weighted by Gasteiger charge is -2.41. The number of carbonyl (C=O) groups is 2. The second kappa shape index (κ2) is 6.98. The molecule has 2 heterocycles. The van der Waals surface area contributed by atoms with E-state index < -0.39 is 6.17 Å². The van der Waals surface area contributed by atoms with Crippen molar-refractivity contribution in [3.05, 3.63) is 58.6 Å². The van der Waals surface area contributed by atoms with Crippen molar-refractivity contribution in [3.8, 4) is 0 Å². The number of ketones is 1. The highest BCUT2D eigenvalue weighted by Crippen LogP contribution is 2.34. The second-order valence-electron chi connectivity index (χ2n) is 7.10. The first-order chi connectivity index (χ1) is 13.0. The van der Waals surface area contributed by atoms with Gasteiger partial charge in [0, 0.05) is 49.4 Å². The Bertz CT molecular complexity index is 906. The summed E-state index contributed by atoms with van der Waals surface area (Å²) < 4.78 is 0. The van der Waals surface area contributed by atoms with Crippen molar-refractivity contribution < 1.29 is 9.59 Å². The first kappa shape index (κ1) is 18.0. The average Bonchev–Trinajstić information content (AvgIpc) is 2.97. The van der Waals surface area contributed by atoms with Crippen LogP contribution in [0.15, 0.2) is 42.5 Å². The number of Topliss-reactive ketones (excluding diaryl/α,β-unsaturated/α-hetero) is 1. The molecule has 0 unspecified atom stereocenters. The van der Waals surface area contributed by atoms with Gasteiger partial charge in [0.15, 0.2) is 6.17 Å². The summed E-state index contributed by atoms with van der Waals surface area (Å²) in [7, 11) is 0. The van der Waals surface area contributed by atoms with Crippen LogP contribution in [0.1, 0.15) is 22.8 Å². The van der Waals surface area contributed by atoms with Crippen molar-refractivity contribution in [1.29, 1.82) is 0 Å². The van der Waals surface area contributed by atoms with Crippen LogP contribution < -0.4 is 9.80 Å². The lowest BCUT2D eigenvalue weighted by Crippen LogP contribution is -2.58. The number of hydrogen-bond acceptors (Lipinski definition) is 4. The molecule has 0 bridgehead atoms. The Morgan fingerprint density at radius 3 is 2.44 bits per heavy atom. The first-order valence-corrected chi connectivity index (χ1v) is 9.53. The third-order valence-corrected chi connectivity index (χ3v) is 5.65. The van der Waals surface area contributed by atoms with Gasteiger partial charge in [-0.05, 0) is 36.8 Å². The molecule has 0 saturated carbocycles. The number of piperazine rings is 1. The van der Waals surface area contributed by atoms with Crippen LogP contribution in [-0.4, -0.2) is 48.9 Å². The number of fused-ring (bicyclic) bond motifs is 1. The van der Waals surface area contributed by atoms with E-state index in [-0.39, 0.29) is 11.7 Å². The lowest BCUT2D eigenvalue weighted by molar-refractivity contribution is -0.117. The summed E-state index contributed by atoms with van der Waals surface area (Å²) in [5.41, 5.74) is 3.66. The Morgan fingerprint density at radius 2 is 1.74 bits per heavy atom. The summed E-state index contributed by atoms with van der Waals surface area (Å²) >= 11 is 6.17. The Balaban J connectivity index is 1.55. The summed E-state index contributed by atoms with van der Waals surface area (Å²) in [6, 6.07) is 13.3. The van der Waals surface area contributed by atoms with Gasteiger partial charge >= 0.3 is 0 Å². The normalized spacial score (nSPS) is 20.1. The molecule has 5 nitrogen and oxygen atoms in total. The molecule has 0 N–H and O–H groups in total. The van der Waals surface area contributed by atoms with Crippen molar-refractivity contribution in [2.75, 3.05) is 36.0 Å². The number of rotatable bonds is 2. The third-order valence-electron chi connectivity index (χ3n) is 5.42. The smallest absolute Gasteiger partial charge is 0.225 e. The van der Waals surface area contributed by atoms with Crippen LogP contribution in [-0.2, 0) is 4.79 Å². The zero-order chi connectivity index (χ0) is 19.1. The Morgan fingerprint density at radius 1 is 1.04 bits per heavy atom. The standard InChI is InChI=1S/C21H22ClN3O2/c1-14-7-8-16(22)13-19(14)23-9-11-24(12-10-23)21-20(27)17-5-3-4-6-18(17)25(21)15(2)26/h3-8,13,21H,9-12H2,1-2H3/t21-/m0/s1. The summed E-state index contributed by atoms with van der Waals surface area (Å²) in [4.78, 5) is 31.3. The quantitative estimate of drug-likeness (QED) is 0.797. The van der Waals surface area contributed by atoms with Crippen molar-refractivity contribution in [3.63, 3.8) is 0 Å².